The maximum absolute atomic E-state index is 9.54. The zero-order chi connectivity index (χ0) is 13.0. The topological polar surface area (TPSA) is 26.7 Å². The first kappa shape index (κ1) is 13.4. The first-order chi connectivity index (χ1) is 8.69. The highest BCUT2D eigenvalue weighted by atomic mass is 35.5. The van der Waals surface area contributed by atoms with E-state index in [2.05, 4.69) is 28.5 Å². The molecule has 1 aromatic carbocycles. The molecule has 1 fully saturated rings. The van der Waals surface area contributed by atoms with Gasteiger partial charge in [0.15, 0.2) is 0 Å². The molecule has 1 atom stereocenters. The van der Waals surface area contributed by atoms with Crippen molar-refractivity contribution in [3.8, 4) is 0 Å². The summed E-state index contributed by atoms with van der Waals surface area (Å²) in [6, 6.07) is 7.95. The monoisotopic (exact) mass is 266 g/mol. The van der Waals surface area contributed by atoms with Crippen LogP contribution in [-0.4, -0.2) is 48.8 Å². The molecule has 0 bridgehead atoms. The normalized spacial score (nSPS) is 18.7. The van der Waals surface area contributed by atoms with Gasteiger partial charge in [0.05, 0.1) is 6.10 Å². The lowest BCUT2D eigenvalue weighted by Crippen LogP contribution is -2.48. The Morgan fingerprint density at radius 1 is 1.22 bits per heavy atom. The highest BCUT2D eigenvalue weighted by Gasteiger charge is 2.18. The maximum Gasteiger partial charge on any atom is 0.0845 e. The molecule has 0 spiro atoms. The van der Waals surface area contributed by atoms with E-state index < -0.39 is 6.10 Å². The van der Waals surface area contributed by atoms with Crippen LogP contribution in [0.4, 0.5) is 5.69 Å². The average Bonchev–Trinajstić information content (AvgIpc) is 2.40. The van der Waals surface area contributed by atoms with Crippen molar-refractivity contribution in [3.63, 3.8) is 0 Å². The van der Waals surface area contributed by atoms with Crippen molar-refractivity contribution in [3.05, 3.63) is 41.9 Å². The Labute approximate surface area is 113 Å². The molecule has 1 heterocycles. The molecule has 98 valence electrons. The molecule has 1 saturated heterocycles. The van der Waals surface area contributed by atoms with E-state index in [9.17, 15) is 5.11 Å². The molecule has 0 saturated carbocycles. The van der Waals surface area contributed by atoms with Crippen LogP contribution >= 0.6 is 11.6 Å². The van der Waals surface area contributed by atoms with Crippen molar-refractivity contribution < 1.29 is 5.11 Å². The Hall–Kier alpha value is -1.03. The second kappa shape index (κ2) is 6.23. The molecule has 0 radical (unpaired) electrons. The average molecular weight is 267 g/mol. The smallest absolute Gasteiger partial charge is 0.0845 e. The third kappa shape index (κ3) is 3.48. The third-order valence-electron chi connectivity index (χ3n) is 3.28. The van der Waals surface area contributed by atoms with Crippen LogP contribution in [0, 0.1) is 0 Å². The summed E-state index contributed by atoms with van der Waals surface area (Å²) in [5.74, 6) is 0. The van der Waals surface area contributed by atoms with Gasteiger partial charge in [-0.2, -0.15) is 0 Å². The van der Waals surface area contributed by atoms with E-state index in [4.69, 9.17) is 11.6 Å². The number of rotatable bonds is 4. The summed E-state index contributed by atoms with van der Waals surface area (Å²) in [5, 5.41) is 10.3. The fourth-order valence-corrected chi connectivity index (χ4v) is 2.31. The van der Waals surface area contributed by atoms with Gasteiger partial charge in [-0.3, -0.25) is 4.90 Å². The summed E-state index contributed by atoms with van der Waals surface area (Å²) in [7, 11) is 0. The first-order valence-electron chi connectivity index (χ1n) is 6.22. The van der Waals surface area contributed by atoms with Crippen LogP contribution in [0.25, 0.3) is 0 Å². The van der Waals surface area contributed by atoms with Crippen LogP contribution in [0.3, 0.4) is 0 Å². The van der Waals surface area contributed by atoms with Gasteiger partial charge in [-0.05, 0) is 24.3 Å². The van der Waals surface area contributed by atoms with Gasteiger partial charge in [0.1, 0.15) is 0 Å². The molecule has 1 aromatic rings. The number of β-amino-alcohol motifs (C(OH)–C–C–N with tert-alkyl or cyclic N) is 1. The molecule has 1 aliphatic rings. The highest BCUT2D eigenvalue weighted by molar-refractivity contribution is 6.30. The standard InChI is InChI=1S/C14H19ClN2O/c1-2-14(18)11-16-7-9-17(10-8-16)13-5-3-12(15)4-6-13/h2-6,14,18H,1,7-11H2/t14-/m1/s1. The van der Waals surface area contributed by atoms with Gasteiger partial charge in [-0.15, -0.1) is 6.58 Å². The van der Waals surface area contributed by atoms with Gasteiger partial charge in [0.2, 0.25) is 0 Å². The van der Waals surface area contributed by atoms with E-state index in [0.717, 1.165) is 31.2 Å². The number of hydrogen-bond donors (Lipinski definition) is 1. The lowest BCUT2D eigenvalue weighted by atomic mass is 10.2. The number of nitrogens with zero attached hydrogens (tertiary/aromatic N) is 2. The lowest BCUT2D eigenvalue weighted by molar-refractivity contribution is 0.142. The fourth-order valence-electron chi connectivity index (χ4n) is 2.18. The Morgan fingerprint density at radius 3 is 2.39 bits per heavy atom. The number of benzene rings is 1. The van der Waals surface area contributed by atoms with Crippen molar-refractivity contribution in [2.75, 3.05) is 37.6 Å². The predicted molar refractivity (Wildman–Crippen MR) is 76.3 cm³/mol. The van der Waals surface area contributed by atoms with Crippen molar-refractivity contribution in [1.29, 1.82) is 0 Å². The predicted octanol–water partition coefficient (Wildman–Crippen LogP) is 2.01. The summed E-state index contributed by atoms with van der Waals surface area (Å²) in [5.41, 5.74) is 1.21. The van der Waals surface area contributed by atoms with Crippen LogP contribution in [0.2, 0.25) is 5.02 Å². The minimum absolute atomic E-state index is 0.424. The van der Waals surface area contributed by atoms with E-state index in [0.29, 0.717) is 6.54 Å². The second-order valence-electron chi connectivity index (χ2n) is 4.57. The number of halogens is 1. The summed E-state index contributed by atoms with van der Waals surface area (Å²) in [6.07, 6.45) is 1.16. The molecule has 4 heteroatoms. The zero-order valence-corrected chi connectivity index (χ0v) is 11.2. The minimum Gasteiger partial charge on any atom is -0.388 e. The van der Waals surface area contributed by atoms with Crippen LogP contribution < -0.4 is 4.90 Å². The molecule has 18 heavy (non-hydrogen) atoms. The van der Waals surface area contributed by atoms with Crippen LogP contribution in [0.1, 0.15) is 0 Å². The Bertz CT molecular complexity index is 385. The zero-order valence-electron chi connectivity index (χ0n) is 10.4. The Balaban J connectivity index is 1.86. The number of anilines is 1. The van der Waals surface area contributed by atoms with Crippen LogP contribution in [0.5, 0.6) is 0 Å². The molecule has 2 rings (SSSR count). The SMILES string of the molecule is C=C[C@@H](O)CN1CCN(c2ccc(Cl)cc2)CC1. The summed E-state index contributed by atoms with van der Waals surface area (Å²) in [4.78, 5) is 4.60. The first-order valence-corrected chi connectivity index (χ1v) is 6.60. The molecule has 0 aliphatic carbocycles. The van der Waals surface area contributed by atoms with Crippen LogP contribution in [-0.2, 0) is 0 Å². The summed E-state index contributed by atoms with van der Waals surface area (Å²) in [6.45, 7) is 8.16. The number of piperazine rings is 1. The second-order valence-corrected chi connectivity index (χ2v) is 5.00. The highest BCUT2D eigenvalue weighted by Crippen LogP contribution is 2.19. The molecule has 0 aromatic heterocycles. The van der Waals surface area contributed by atoms with Crippen LogP contribution in [0.15, 0.2) is 36.9 Å². The molecule has 3 nitrogen and oxygen atoms in total. The van der Waals surface area contributed by atoms with Gasteiger partial charge in [-0.1, -0.05) is 17.7 Å². The molecule has 1 N–H and O–H groups in total. The number of aliphatic hydroxyl groups excluding tert-OH is 1. The Kier molecular flexibility index (Phi) is 4.64. The van der Waals surface area contributed by atoms with Crippen molar-refractivity contribution >= 4 is 17.3 Å². The Morgan fingerprint density at radius 2 is 1.83 bits per heavy atom. The van der Waals surface area contributed by atoms with Crippen molar-refractivity contribution in [2.24, 2.45) is 0 Å². The van der Waals surface area contributed by atoms with Gasteiger partial charge in [-0.25, -0.2) is 0 Å². The van der Waals surface area contributed by atoms with E-state index in [1.165, 1.54) is 5.69 Å². The molecule has 1 aliphatic heterocycles. The van der Waals surface area contributed by atoms with Gasteiger partial charge in [0, 0.05) is 43.4 Å². The van der Waals surface area contributed by atoms with Crippen molar-refractivity contribution in [1.82, 2.24) is 4.90 Å². The van der Waals surface area contributed by atoms with E-state index in [-0.39, 0.29) is 0 Å². The molecule has 0 amide bonds. The van der Waals surface area contributed by atoms with E-state index >= 15 is 0 Å². The van der Waals surface area contributed by atoms with Gasteiger partial charge < -0.3 is 10.0 Å². The molecule has 0 unspecified atom stereocenters. The molecular formula is C14H19ClN2O. The largest absolute Gasteiger partial charge is 0.388 e. The number of aliphatic hydroxyl groups is 1. The van der Waals surface area contributed by atoms with E-state index in [1.54, 1.807) is 6.08 Å². The van der Waals surface area contributed by atoms with Gasteiger partial charge in [0.25, 0.3) is 0 Å². The quantitative estimate of drug-likeness (QED) is 0.845. The van der Waals surface area contributed by atoms with E-state index in [1.807, 2.05) is 12.1 Å². The minimum atomic E-state index is -0.424. The summed E-state index contributed by atoms with van der Waals surface area (Å²) < 4.78 is 0. The number of hydrogen-bond acceptors (Lipinski definition) is 3. The fraction of sp³-hybridized carbons (Fsp3) is 0.429. The molecular weight excluding hydrogens is 248 g/mol. The summed E-state index contributed by atoms with van der Waals surface area (Å²) >= 11 is 5.88. The van der Waals surface area contributed by atoms with Gasteiger partial charge >= 0.3 is 0 Å². The lowest BCUT2D eigenvalue weighted by Gasteiger charge is -2.36. The van der Waals surface area contributed by atoms with Crippen molar-refractivity contribution in [2.45, 2.75) is 6.10 Å². The maximum atomic E-state index is 9.54. The third-order valence-corrected chi connectivity index (χ3v) is 3.53.